The SMILES string of the molecule is C[C@@H](C(=O)NC1CCCC1)N(Cc1c(Cl)cccc1Cl)C(=O)CSc1ccc(Cl)cc1. The molecule has 0 aromatic heterocycles. The Bertz CT molecular complexity index is 897. The van der Waals surface area contributed by atoms with E-state index in [0.29, 0.717) is 20.6 Å². The minimum absolute atomic E-state index is 0.153. The van der Waals surface area contributed by atoms with Crippen LogP contribution in [-0.2, 0) is 16.1 Å². The van der Waals surface area contributed by atoms with Gasteiger partial charge in [-0.3, -0.25) is 9.59 Å². The van der Waals surface area contributed by atoms with Crippen molar-refractivity contribution in [2.45, 2.75) is 56.1 Å². The Hall–Kier alpha value is -1.40. The van der Waals surface area contributed by atoms with Crippen molar-refractivity contribution < 1.29 is 9.59 Å². The van der Waals surface area contributed by atoms with Crippen LogP contribution >= 0.6 is 46.6 Å². The zero-order valence-electron chi connectivity index (χ0n) is 17.2. The standard InChI is InChI=1S/C23H25Cl3N2O2S/c1-15(23(30)27-17-5-2-3-6-17)28(13-19-20(25)7-4-8-21(19)26)22(29)14-31-18-11-9-16(24)10-12-18/h4,7-12,15,17H,2-3,5-6,13-14H2,1H3,(H,27,30)/t15-/m0/s1. The molecule has 0 radical (unpaired) electrons. The Labute approximate surface area is 202 Å². The molecule has 0 bridgehead atoms. The van der Waals surface area contributed by atoms with E-state index < -0.39 is 6.04 Å². The van der Waals surface area contributed by atoms with Crippen molar-refractivity contribution in [3.05, 3.63) is 63.1 Å². The average molecular weight is 500 g/mol. The van der Waals surface area contributed by atoms with Crippen LogP contribution < -0.4 is 5.32 Å². The second kappa shape index (κ2) is 11.5. The predicted molar refractivity (Wildman–Crippen MR) is 129 cm³/mol. The summed E-state index contributed by atoms with van der Waals surface area (Å²) in [6.07, 6.45) is 4.20. The van der Waals surface area contributed by atoms with E-state index in [-0.39, 0.29) is 30.2 Å². The molecule has 1 fully saturated rings. The lowest BCUT2D eigenvalue weighted by molar-refractivity contribution is -0.138. The van der Waals surface area contributed by atoms with Gasteiger partial charge in [0.2, 0.25) is 11.8 Å². The Morgan fingerprint density at radius 1 is 1.06 bits per heavy atom. The molecule has 2 aromatic rings. The number of hydrogen-bond donors (Lipinski definition) is 1. The monoisotopic (exact) mass is 498 g/mol. The van der Waals surface area contributed by atoms with Gasteiger partial charge < -0.3 is 10.2 Å². The van der Waals surface area contributed by atoms with Crippen molar-refractivity contribution in [2.75, 3.05) is 5.75 Å². The topological polar surface area (TPSA) is 49.4 Å². The molecule has 2 aromatic carbocycles. The first-order chi connectivity index (χ1) is 14.8. The molecule has 8 heteroatoms. The molecule has 4 nitrogen and oxygen atoms in total. The summed E-state index contributed by atoms with van der Waals surface area (Å²) in [6.45, 7) is 1.91. The molecular formula is C23H25Cl3N2O2S. The molecule has 0 aliphatic heterocycles. The van der Waals surface area contributed by atoms with Gasteiger partial charge in [0.1, 0.15) is 6.04 Å². The molecule has 2 amide bonds. The number of benzene rings is 2. The number of amides is 2. The Morgan fingerprint density at radius 2 is 1.68 bits per heavy atom. The van der Waals surface area contributed by atoms with E-state index >= 15 is 0 Å². The van der Waals surface area contributed by atoms with Gasteiger partial charge in [-0.1, -0.05) is 53.7 Å². The van der Waals surface area contributed by atoms with Crippen molar-refractivity contribution in [1.82, 2.24) is 10.2 Å². The highest BCUT2D eigenvalue weighted by Crippen LogP contribution is 2.28. The molecule has 166 valence electrons. The van der Waals surface area contributed by atoms with Crippen molar-refractivity contribution >= 4 is 58.4 Å². The van der Waals surface area contributed by atoms with Gasteiger partial charge in [0, 0.05) is 38.1 Å². The zero-order chi connectivity index (χ0) is 22.4. The third-order valence-electron chi connectivity index (χ3n) is 5.43. The number of rotatable bonds is 8. The molecule has 0 saturated heterocycles. The molecule has 3 rings (SSSR count). The van der Waals surface area contributed by atoms with Crippen molar-refractivity contribution in [3.63, 3.8) is 0 Å². The van der Waals surface area contributed by atoms with E-state index in [1.165, 1.54) is 11.8 Å². The van der Waals surface area contributed by atoms with Gasteiger partial charge in [-0.05, 0) is 56.2 Å². The normalized spacial score (nSPS) is 15.0. The van der Waals surface area contributed by atoms with Crippen LogP contribution in [0.4, 0.5) is 0 Å². The molecule has 31 heavy (non-hydrogen) atoms. The van der Waals surface area contributed by atoms with Crippen molar-refractivity contribution in [2.24, 2.45) is 0 Å². The van der Waals surface area contributed by atoms with Crippen LogP contribution in [0.25, 0.3) is 0 Å². The maximum Gasteiger partial charge on any atom is 0.242 e. The average Bonchev–Trinajstić information content (AvgIpc) is 3.25. The first-order valence-electron chi connectivity index (χ1n) is 10.3. The molecule has 1 atom stereocenters. The maximum absolute atomic E-state index is 13.2. The Morgan fingerprint density at radius 3 is 2.29 bits per heavy atom. The van der Waals surface area contributed by atoms with E-state index in [1.807, 2.05) is 12.1 Å². The summed E-state index contributed by atoms with van der Waals surface area (Å²) in [4.78, 5) is 28.6. The highest BCUT2D eigenvalue weighted by molar-refractivity contribution is 8.00. The fourth-order valence-corrected chi connectivity index (χ4v) is 5.01. The quantitative estimate of drug-likeness (QED) is 0.439. The van der Waals surface area contributed by atoms with E-state index in [2.05, 4.69) is 5.32 Å². The molecule has 1 aliphatic rings. The minimum Gasteiger partial charge on any atom is -0.352 e. The lowest BCUT2D eigenvalue weighted by atomic mass is 10.1. The number of halogens is 3. The Balaban J connectivity index is 1.75. The van der Waals surface area contributed by atoms with Crippen LogP contribution in [0.1, 0.15) is 38.2 Å². The maximum atomic E-state index is 13.2. The smallest absolute Gasteiger partial charge is 0.242 e. The van der Waals surface area contributed by atoms with Crippen LogP contribution in [0.3, 0.4) is 0 Å². The highest BCUT2D eigenvalue weighted by atomic mass is 35.5. The summed E-state index contributed by atoms with van der Waals surface area (Å²) in [7, 11) is 0. The van der Waals surface area contributed by atoms with Crippen LogP contribution in [0.15, 0.2) is 47.4 Å². The van der Waals surface area contributed by atoms with E-state index in [4.69, 9.17) is 34.8 Å². The number of thioether (sulfide) groups is 1. The number of nitrogens with zero attached hydrogens (tertiary/aromatic N) is 1. The van der Waals surface area contributed by atoms with Gasteiger partial charge in [-0.15, -0.1) is 11.8 Å². The summed E-state index contributed by atoms with van der Waals surface area (Å²) in [5, 5.41) is 4.67. The van der Waals surface area contributed by atoms with E-state index in [9.17, 15) is 9.59 Å². The molecule has 0 spiro atoms. The van der Waals surface area contributed by atoms with Crippen molar-refractivity contribution in [3.8, 4) is 0 Å². The zero-order valence-corrected chi connectivity index (χ0v) is 20.3. The Kier molecular flexibility index (Phi) is 8.96. The third kappa shape index (κ3) is 6.79. The second-order valence-electron chi connectivity index (χ2n) is 7.63. The van der Waals surface area contributed by atoms with Gasteiger partial charge >= 0.3 is 0 Å². The van der Waals surface area contributed by atoms with Gasteiger partial charge in [-0.2, -0.15) is 0 Å². The molecule has 0 heterocycles. The molecule has 0 unspecified atom stereocenters. The first kappa shape index (κ1) is 24.2. The van der Waals surface area contributed by atoms with Gasteiger partial charge in [-0.25, -0.2) is 0 Å². The summed E-state index contributed by atoms with van der Waals surface area (Å²) < 4.78 is 0. The van der Waals surface area contributed by atoms with Crippen LogP contribution in [0.2, 0.25) is 15.1 Å². The first-order valence-corrected chi connectivity index (χ1v) is 12.4. The van der Waals surface area contributed by atoms with Crippen LogP contribution in [0.5, 0.6) is 0 Å². The number of nitrogens with one attached hydrogen (secondary N) is 1. The van der Waals surface area contributed by atoms with Gasteiger partial charge in [0.05, 0.1) is 5.75 Å². The number of hydrogen-bond acceptors (Lipinski definition) is 3. The second-order valence-corrected chi connectivity index (χ2v) is 9.93. The fraction of sp³-hybridized carbons (Fsp3) is 0.391. The number of carbonyl (C=O) groups excluding carboxylic acids is 2. The molecular weight excluding hydrogens is 475 g/mol. The predicted octanol–water partition coefficient (Wildman–Crippen LogP) is 6.22. The third-order valence-corrected chi connectivity index (χ3v) is 7.39. The fourth-order valence-electron chi connectivity index (χ4n) is 3.59. The highest BCUT2D eigenvalue weighted by Gasteiger charge is 2.29. The van der Waals surface area contributed by atoms with Crippen LogP contribution in [0, 0.1) is 0 Å². The lowest BCUT2D eigenvalue weighted by Gasteiger charge is -2.30. The van der Waals surface area contributed by atoms with Crippen LogP contribution in [-0.4, -0.2) is 34.6 Å². The lowest BCUT2D eigenvalue weighted by Crippen LogP contribution is -2.50. The summed E-state index contributed by atoms with van der Waals surface area (Å²) in [5.74, 6) is -0.130. The number of carbonyl (C=O) groups is 2. The molecule has 1 N–H and O–H groups in total. The van der Waals surface area contributed by atoms with E-state index in [0.717, 1.165) is 30.6 Å². The largest absolute Gasteiger partial charge is 0.352 e. The van der Waals surface area contributed by atoms with Gasteiger partial charge in [0.15, 0.2) is 0 Å². The molecule has 1 aliphatic carbocycles. The van der Waals surface area contributed by atoms with Gasteiger partial charge in [0.25, 0.3) is 0 Å². The summed E-state index contributed by atoms with van der Waals surface area (Å²) in [6, 6.07) is 12.1. The summed E-state index contributed by atoms with van der Waals surface area (Å²) in [5.41, 5.74) is 0.635. The van der Waals surface area contributed by atoms with Crippen molar-refractivity contribution in [1.29, 1.82) is 0 Å². The minimum atomic E-state index is -0.647. The molecule has 1 saturated carbocycles. The summed E-state index contributed by atoms with van der Waals surface area (Å²) >= 11 is 20.0. The van der Waals surface area contributed by atoms with E-state index in [1.54, 1.807) is 42.2 Å².